The van der Waals surface area contributed by atoms with Crippen LogP contribution in [0.25, 0.3) is 0 Å². The standard InChI is InChI=1S/C12H12F2N2O/c13-9-4-5-12(14,10(8-9)11(15)17)16-6-2-1-3-7-16/h1-6,8,10H,7H2,(H2,15,17). The molecule has 2 unspecified atom stereocenters. The summed E-state index contributed by atoms with van der Waals surface area (Å²) < 4.78 is 27.8. The minimum Gasteiger partial charge on any atom is -0.369 e. The first kappa shape index (κ1) is 11.6. The SMILES string of the molecule is NC(=O)C1C=C(F)C=CC1(F)N1C=CC=CC1. The van der Waals surface area contributed by atoms with Crippen molar-refractivity contribution in [1.29, 1.82) is 0 Å². The van der Waals surface area contributed by atoms with Gasteiger partial charge in [-0.3, -0.25) is 4.79 Å². The van der Waals surface area contributed by atoms with Crippen LogP contribution in [0, 0.1) is 5.92 Å². The van der Waals surface area contributed by atoms with Crippen molar-refractivity contribution in [2.45, 2.75) is 5.79 Å². The quantitative estimate of drug-likeness (QED) is 0.742. The van der Waals surface area contributed by atoms with Crippen LogP contribution in [0.2, 0.25) is 0 Å². The molecule has 5 heteroatoms. The molecule has 0 bridgehead atoms. The van der Waals surface area contributed by atoms with E-state index in [-0.39, 0.29) is 0 Å². The molecule has 1 aliphatic heterocycles. The summed E-state index contributed by atoms with van der Waals surface area (Å²) in [5.41, 5.74) is 5.12. The zero-order valence-corrected chi connectivity index (χ0v) is 9.01. The van der Waals surface area contributed by atoms with Crippen molar-refractivity contribution in [2.24, 2.45) is 11.7 Å². The van der Waals surface area contributed by atoms with E-state index >= 15 is 0 Å². The average molecular weight is 238 g/mol. The number of carbonyl (C=O) groups excluding carboxylic acids is 1. The van der Waals surface area contributed by atoms with Gasteiger partial charge in [0.25, 0.3) is 0 Å². The monoisotopic (exact) mass is 238 g/mol. The molecule has 0 aromatic carbocycles. The predicted octanol–water partition coefficient (Wildman–Crippen LogP) is 1.56. The summed E-state index contributed by atoms with van der Waals surface area (Å²) in [5.74, 6) is -4.99. The first-order valence-corrected chi connectivity index (χ1v) is 5.19. The Balaban J connectivity index is 2.34. The van der Waals surface area contributed by atoms with Gasteiger partial charge in [0.05, 0.1) is 0 Å². The van der Waals surface area contributed by atoms with Gasteiger partial charge in [-0.2, -0.15) is 0 Å². The number of nitrogens with zero attached hydrogens (tertiary/aromatic N) is 1. The highest BCUT2D eigenvalue weighted by atomic mass is 19.1. The van der Waals surface area contributed by atoms with Gasteiger partial charge >= 0.3 is 0 Å². The number of rotatable bonds is 2. The van der Waals surface area contributed by atoms with Crippen molar-refractivity contribution in [2.75, 3.05) is 6.54 Å². The van der Waals surface area contributed by atoms with Crippen LogP contribution in [0.4, 0.5) is 8.78 Å². The molecule has 0 aromatic rings. The first-order chi connectivity index (χ1) is 8.04. The normalized spacial score (nSPS) is 31.5. The van der Waals surface area contributed by atoms with Gasteiger partial charge in [-0.15, -0.1) is 0 Å². The van der Waals surface area contributed by atoms with E-state index in [2.05, 4.69) is 0 Å². The van der Waals surface area contributed by atoms with E-state index < -0.39 is 23.4 Å². The zero-order chi connectivity index (χ0) is 12.5. The molecular weight excluding hydrogens is 226 g/mol. The Hall–Kier alpha value is -1.91. The lowest BCUT2D eigenvalue weighted by atomic mass is 9.89. The third-order valence-corrected chi connectivity index (χ3v) is 2.80. The van der Waals surface area contributed by atoms with E-state index in [0.29, 0.717) is 6.54 Å². The minimum absolute atomic E-state index is 0.302. The van der Waals surface area contributed by atoms with Gasteiger partial charge < -0.3 is 10.6 Å². The number of nitrogens with two attached hydrogens (primary N) is 1. The molecule has 90 valence electrons. The maximum atomic E-state index is 14.8. The predicted molar refractivity (Wildman–Crippen MR) is 59.8 cm³/mol. The van der Waals surface area contributed by atoms with E-state index in [0.717, 1.165) is 18.2 Å². The summed E-state index contributed by atoms with van der Waals surface area (Å²) in [6.45, 7) is 0.302. The molecule has 2 atom stereocenters. The Morgan fingerprint density at radius 3 is 2.88 bits per heavy atom. The number of primary amides is 1. The molecule has 2 aliphatic rings. The second-order valence-electron chi connectivity index (χ2n) is 3.91. The molecule has 0 spiro atoms. The van der Waals surface area contributed by atoms with E-state index in [4.69, 9.17) is 5.73 Å². The molecule has 2 rings (SSSR count). The lowest BCUT2D eigenvalue weighted by molar-refractivity contribution is -0.127. The lowest BCUT2D eigenvalue weighted by Crippen LogP contribution is -2.51. The first-order valence-electron chi connectivity index (χ1n) is 5.19. The number of hydrogen-bond donors (Lipinski definition) is 1. The van der Waals surface area contributed by atoms with E-state index in [1.165, 1.54) is 11.1 Å². The number of amides is 1. The molecule has 3 nitrogen and oxygen atoms in total. The summed E-state index contributed by atoms with van der Waals surface area (Å²) in [7, 11) is 0. The van der Waals surface area contributed by atoms with Crippen LogP contribution in [0.1, 0.15) is 0 Å². The molecule has 0 saturated heterocycles. The number of allylic oxidation sites excluding steroid dienone is 4. The molecular formula is C12H12F2N2O. The minimum atomic E-state index is -2.11. The average Bonchev–Trinajstić information content (AvgIpc) is 2.33. The van der Waals surface area contributed by atoms with Gasteiger partial charge in [-0.25, -0.2) is 8.78 Å². The van der Waals surface area contributed by atoms with Crippen LogP contribution in [-0.2, 0) is 4.79 Å². The Bertz CT molecular complexity index is 453. The van der Waals surface area contributed by atoms with E-state index in [9.17, 15) is 13.6 Å². The van der Waals surface area contributed by atoms with Crippen molar-refractivity contribution in [3.8, 4) is 0 Å². The molecule has 1 heterocycles. The Morgan fingerprint density at radius 1 is 1.53 bits per heavy atom. The van der Waals surface area contributed by atoms with Crippen LogP contribution < -0.4 is 5.73 Å². The summed E-state index contributed by atoms with van der Waals surface area (Å²) in [6, 6.07) is 0. The van der Waals surface area contributed by atoms with Gasteiger partial charge in [-0.05, 0) is 24.3 Å². The van der Waals surface area contributed by atoms with Gasteiger partial charge in [0.1, 0.15) is 11.7 Å². The zero-order valence-electron chi connectivity index (χ0n) is 9.01. The Kier molecular flexibility index (Phi) is 2.83. The highest BCUT2D eigenvalue weighted by molar-refractivity contribution is 5.81. The summed E-state index contributed by atoms with van der Waals surface area (Å²) in [6.07, 6.45) is 9.61. The molecule has 1 amide bonds. The molecule has 17 heavy (non-hydrogen) atoms. The fraction of sp³-hybridized carbons (Fsp3) is 0.250. The second-order valence-corrected chi connectivity index (χ2v) is 3.91. The van der Waals surface area contributed by atoms with Crippen molar-refractivity contribution in [3.05, 3.63) is 48.5 Å². The maximum Gasteiger partial charge on any atom is 0.230 e. The van der Waals surface area contributed by atoms with Gasteiger partial charge in [0.2, 0.25) is 11.7 Å². The summed E-state index contributed by atoms with van der Waals surface area (Å²) >= 11 is 0. The fourth-order valence-electron chi connectivity index (χ4n) is 1.91. The topological polar surface area (TPSA) is 46.3 Å². The van der Waals surface area contributed by atoms with Crippen molar-refractivity contribution in [3.63, 3.8) is 0 Å². The molecule has 0 fully saturated rings. The Labute approximate surface area is 97.6 Å². The number of carbonyl (C=O) groups is 1. The summed E-state index contributed by atoms with van der Waals surface area (Å²) in [5, 5.41) is 0. The van der Waals surface area contributed by atoms with E-state index in [1.54, 1.807) is 18.2 Å². The largest absolute Gasteiger partial charge is 0.369 e. The van der Waals surface area contributed by atoms with Crippen molar-refractivity contribution < 1.29 is 13.6 Å². The van der Waals surface area contributed by atoms with Crippen LogP contribution >= 0.6 is 0 Å². The third kappa shape index (κ3) is 2.00. The fourth-order valence-corrected chi connectivity index (χ4v) is 1.91. The lowest BCUT2D eigenvalue weighted by Gasteiger charge is -2.39. The highest BCUT2D eigenvalue weighted by Gasteiger charge is 2.45. The number of halogens is 2. The smallest absolute Gasteiger partial charge is 0.230 e. The van der Waals surface area contributed by atoms with Gasteiger partial charge in [-0.1, -0.05) is 12.2 Å². The van der Waals surface area contributed by atoms with Crippen molar-refractivity contribution in [1.82, 2.24) is 4.90 Å². The summed E-state index contributed by atoms with van der Waals surface area (Å²) in [4.78, 5) is 12.5. The second kappa shape index (κ2) is 4.16. The van der Waals surface area contributed by atoms with Gasteiger partial charge in [0.15, 0.2) is 0 Å². The van der Waals surface area contributed by atoms with Crippen molar-refractivity contribution >= 4 is 5.91 Å². The molecule has 0 radical (unpaired) electrons. The molecule has 0 aromatic heterocycles. The van der Waals surface area contributed by atoms with Crippen LogP contribution in [0.15, 0.2) is 48.5 Å². The van der Waals surface area contributed by atoms with Crippen LogP contribution in [-0.4, -0.2) is 23.1 Å². The maximum absolute atomic E-state index is 14.8. The van der Waals surface area contributed by atoms with Crippen LogP contribution in [0.5, 0.6) is 0 Å². The third-order valence-electron chi connectivity index (χ3n) is 2.80. The number of hydrogen-bond acceptors (Lipinski definition) is 2. The van der Waals surface area contributed by atoms with E-state index in [1.807, 2.05) is 0 Å². The van der Waals surface area contributed by atoms with Gasteiger partial charge in [0, 0.05) is 12.7 Å². The number of alkyl halides is 1. The Morgan fingerprint density at radius 2 is 2.29 bits per heavy atom. The van der Waals surface area contributed by atoms with Crippen LogP contribution in [0.3, 0.4) is 0 Å². The molecule has 1 aliphatic carbocycles. The highest BCUT2D eigenvalue weighted by Crippen LogP contribution is 2.35. The molecule has 2 N–H and O–H groups in total. The molecule has 0 saturated carbocycles.